The van der Waals surface area contributed by atoms with E-state index in [1.54, 1.807) is 0 Å². The van der Waals surface area contributed by atoms with E-state index < -0.39 is 0 Å². The monoisotopic (exact) mass is 236 g/mol. The summed E-state index contributed by atoms with van der Waals surface area (Å²) in [5.41, 5.74) is 0. The zero-order chi connectivity index (χ0) is 12.1. The van der Waals surface area contributed by atoms with E-state index in [1.165, 1.54) is 32.1 Å². The van der Waals surface area contributed by atoms with Gasteiger partial charge < -0.3 is 9.88 Å². The topological polar surface area (TPSA) is 42.7 Å². The molecule has 0 aliphatic heterocycles. The molecule has 17 heavy (non-hydrogen) atoms. The van der Waals surface area contributed by atoms with E-state index in [-0.39, 0.29) is 0 Å². The van der Waals surface area contributed by atoms with Gasteiger partial charge in [-0.3, -0.25) is 0 Å². The quantitative estimate of drug-likeness (QED) is 0.816. The van der Waals surface area contributed by atoms with Crippen LogP contribution in [-0.2, 0) is 13.1 Å². The fourth-order valence-electron chi connectivity index (χ4n) is 2.61. The highest BCUT2D eigenvalue weighted by Crippen LogP contribution is 2.22. The van der Waals surface area contributed by atoms with Crippen molar-refractivity contribution in [3.63, 3.8) is 0 Å². The van der Waals surface area contributed by atoms with Crippen molar-refractivity contribution in [1.29, 1.82) is 0 Å². The third-order valence-electron chi connectivity index (χ3n) is 3.84. The average molecular weight is 236 g/mol. The van der Waals surface area contributed by atoms with Gasteiger partial charge in [0.05, 0.1) is 6.54 Å². The van der Waals surface area contributed by atoms with Gasteiger partial charge in [0.1, 0.15) is 12.2 Å². The van der Waals surface area contributed by atoms with Crippen LogP contribution < -0.4 is 5.32 Å². The zero-order valence-electron chi connectivity index (χ0n) is 11.0. The predicted molar refractivity (Wildman–Crippen MR) is 68.6 cm³/mol. The predicted octanol–water partition coefficient (Wildman–Crippen LogP) is 2.36. The van der Waals surface area contributed by atoms with Gasteiger partial charge in [-0.25, -0.2) is 0 Å². The molecule has 1 aromatic heterocycles. The molecular formula is C13H24N4. The second kappa shape index (κ2) is 6.15. The Bertz CT molecular complexity index is 334. The Morgan fingerprint density at radius 2 is 2.24 bits per heavy atom. The molecule has 4 heteroatoms. The van der Waals surface area contributed by atoms with Crippen molar-refractivity contribution < 1.29 is 0 Å². The van der Waals surface area contributed by atoms with Gasteiger partial charge >= 0.3 is 0 Å². The molecule has 96 valence electrons. The van der Waals surface area contributed by atoms with Crippen molar-refractivity contribution in [2.75, 3.05) is 0 Å². The molecule has 0 spiro atoms. The lowest BCUT2D eigenvalue weighted by atomic mass is 10.0. The van der Waals surface area contributed by atoms with E-state index in [1.807, 2.05) is 6.33 Å². The molecule has 1 N–H and O–H groups in total. The van der Waals surface area contributed by atoms with Crippen LogP contribution in [0.3, 0.4) is 0 Å². The number of rotatable bonds is 4. The zero-order valence-corrected chi connectivity index (χ0v) is 11.0. The van der Waals surface area contributed by atoms with Crippen LogP contribution >= 0.6 is 0 Å². The van der Waals surface area contributed by atoms with Crippen LogP contribution in [0.15, 0.2) is 6.33 Å². The molecule has 0 saturated heterocycles. The largest absolute Gasteiger partial charge is 0.317 e. The molecule has 1 aliphatic rings. The van der Waals surface area contributed by atoms with E-state index in [0.29, 0.717) is 6.04 Å². The Hall–Kier alpha value is -0.900. The Balaban J connectivity index is 1.81. The van der Waals surface area contributed by atoms with E-state index >= 15 is 0 Å². The molecular weight excluding hydrogens is 212 g/mol. The molecule has 1 aliphatic carbocycles. The summed E-state index contributed by atoms with van der Waals surface area (Å²) in [6.45, 7) is 6.30. The molecule has 0 bridgehead atoms. The number of nitrogens with one attached hydrogen (secondary N) is 1. The van der Waals surface area contributed by atoms with Gasteiger partial charge in [0.25, 0.3) is 0 Å². The van der Waals surface area contributed by atoms with Crippen molar-refractivity contribution in [3.05, 3.63) is 12.2 Å². The second-order valence-corrected chi connectivity index (χ2v) is 5.22. The van der Waals surface area contributed by atoms with Crippen molar-refractivity contribution in [1.82, 2.24) is 20.1 Å². The Labute approximate surface area is 104 Å². The molecule has 2 rings (SSSR count). The summed E-state index contributed by atoms with van der Waals surface area (Å²) in [7, 11) is 0. The molecule has 0 radical (unpaired) electrons. The van der Waals surface area contributed by atoms with Gasteiger partial charge in [0, 0.05) is 12.6 Å². The SMILES string of the molecule is CCn1cnnc1CNC1CCCC(C)CC1. The van der Waals surface area contributed by atoms with Crippen LogP contribution in [0, 0.1) is 5.92 Å². The Morgan fingerprint density at radius 3 is 3.06 bits per heavy atom. The summed E-state index contributed by atoms with van der Waals surface area (Å²) >= 11 is 0. The lowest BCUT2D eigenvalue weighted by Gasteiger charge is -2.16. The highest BCUT2D eigenvalue weighted by Gasteiger charge is 2.16. The molecule has 0 amide bonds. The molecule has 1 fully saturated rings. The third kappa shape index (κ3) is 3.53. The standard InChI is InChI=1S/C13H24N4/c1-3-17-10-15-16-13(17)9-14-12-6-4-5-11(2)7-8-12/h10-12,14H,3-9H2,1-2H3. The maximum absolute atomic E-state index is 4.16. The summed E-state index contributed by atoms with van der Waals surface area (Å²) < 4.78 is 2.10. The van der Waals surface area contributed by atoms with Crippen molar-refractivity contribution in [2.24, 2.45) is 5.92 Å². The molecule has 1 heterocycles. The lowest BCUT2D eigenvalue weighted by molar-refractivity contribution is 0.437. The first-order valence-corrected chi connectivity index (χ1v) is 6.89. The summed E-state index contributed by atoms with van der Waals surface area (Å²) in [6.07, 6.45) is 8.54. The minimum absolute atomic E-state index is 0.668. The number of hydrogen-bond donors (Lipinski definition) is 1. The summed E-state index contributed by atoms with van der Waals surface area (Å²) in [6, 6.07) is 0.668. The second-order valence-electron chi connectivity index (χ2n) is 5.22. The first kappa shape index (κ1) is 12.6. The van der Waals surface area contributed by atoms with Crippen LogP contribution in [0.4, 0.5) is 0 Å². The summed E-state index contributed by atoms with van der Waals surface area (Å²) in [5, 5.41) is 11.8. The van der Waals surface area contributed by atoms with Crippen LogP contribution in [0.2, 0.25) is 0 Å². The van der Waals surface area contributed by atoms with Crippen LogP contribution in [-0.4, -0.2) is 20.8 Å². The fraction of sp³-hybridized carbons (Fsp3) is 0.846. The number of aryl methyl sites for hydroxylation is 1. The first-order valence-electron chi connectivity index (χ1n) is 6.89. The summed E-state index contributed by atoms with van der Waals surface area (Å²) in [5.74, 6) is 1.96. The van der Waals surface area contributed by atoms with Crippen molar-refractivity contribution in [3.8, 4) is 0 Å². The molecule has 2 atom stereocenters. The van der Waals surface area contributed by atoms with Crippen molar-refractivity contribution >= 4 is 0 Å². The minimum atomic E-state index is 0.668. The smallest absolute Gasteiger partial charge is 0.146 e. The van der Waals surface area contributed by atoms with Gasteiger partial charge in [-0.1, -0.05) is 19.8 Å². The minimum Gasteiger partial charge on any atom is -0.317 e. The molecule has 1 saturated carbocycles. The molecule has 0 aromatic carbocycles. The normalized spacial score (nSPS) is 25.8. The third-order valence-corrected chi connectivity index (χ3v) is 3.84. The molecule has 4 nitrogen and oxygen atoms in total. The maximum atomic E-state index is 4.16. The lowest BCUT2D eigenvalue weighted by Crippen LogP contribution is -2.29. The van der Waals surface area contributed by atoms with Gasteiger partial charge in [-0.05, 0) is 32.1 Å². The molecule has 1 aromatic rings. The Kier molecular flexibility index (Phi) is 4.54. The Morgan fingerprint density at radius 1 is 1.35 bits per heavy atom. The average Bonchev–Trinajstić information content (AvgIpc) is 2.69. The van der Waals surface area contributed by atoms with Gasteiger partial charge in [-0.15, -0.1) is 10.2 Å². The van der Waals surface area contributed by atoms with E-state index in [9.17, 15) is 0 Å². The van der Waals surface area contributed by atoms with Gasteiger partial charge in [-0.2, -0.15) is 0 Å². The van der Waals surface area contributed by atoms with E-state index in [0.717, 1.165) is 24.8 Å². The first-order chi connectivity index (χ1) is 8.29. The fourth-order valence-corrected chi connectivity index (χ4v) is 2.61. The molecule has 2 unspecified atom stereocenters. The van der Waals surface area contributed by atoms with Crippen molar-refractivity contribution in [2.45, 2.75) is 65.1 Å². The number of hydrogen-bond acceptors (Lipinski definition) is 3. The number of aromatic nitrogens is 3. The maximum Gasteiger partial charge on any atom is 0.146 e. The summed E-state index contributed by atoms with van der Waals surface area (Å²) in [4.78, 5) is 0. The van der Waals surface area contributed by atoms with E-state index in [2.05, 4.69) is 33.9 Å². The number of nitrogens with zero attached hydrogens (tertiary/aromatic N) is 3. The van der Waals surface area contributed by atoms with Gasteiger partial charge in [0.15, 0.2) is 0 Å². The highest BCUT2D eigenvalue weighted by atomic mass is 15.3. The van der Waals surface area contributed by atoms with Gasteiger partial charge in [0.2, 0.25) is 0 Å². The van der Waals surface area contributed by atoms with Crippen LogP contribution in [0.1, 0.15) is 51.8 Å². The van der Waals surface area contributed by atoms with Crippen LogP contribution in [0.5, 0.6) is 0 Å². The van der Waals surface area contributed by atoms with Crippen LogP contribution in [0.25, 0.3) is 0 Å². The highest BCUT2D eigenvalue weighted by molar-refractivity contribution is 4.86. The van der Waals surface area contributed by atoms with E-state index in [4.69, 9.17) is 0 Å².